The van der Waals surface area contributed by atoms with Crippen LogP contribution in [0.3, 0.4) is 0 Å². The topological polar surface area (TPSA) is 92.5 Å². The highest BCUT2D eigenvalue weighted by atomic mass is 16.3. The highest BCUT2D eigenvalue weighted by molar-refractivity contribution is 6.46. The number of carbonyl (C=O) groups is 2. The van der Waals surface area contributed by atoms with E-state index in [4.69, 9.17) is 4.42 Å². The SMILES string of the molecule is CC[NH+](CC)CCCN1C(=O)C(=O)/C(=C(\O)c2c(C)nc3ccccn23)[C@H]1c1ccc(C)o1. The number of quaternary nitrogens is 1. The van der Waals surface area contributed by atoms with Crippen LogP contribution in [-0.2, 0) is 9.59 Å². The standard InChI is InChI=1S/C25H30N4O4/c1-5-27(6-2)13-9-15-29-22(18-12-11-16(3)33-18)20(24(31)25(29)32)23(30)21-17(4)26-19-10-7-8-14-28(19)21/h7-8,10-12,14,22,30H,5-6,9,13,15H2,1-4H3/p+1/b23-20-/t22-/m1/s1. The summed E-state index contributed by atoms with van der Waals surface area (Å²) < 4.78 is 7.59. The summed E-state index contributed by atoms with van der Waals surface area (Å²) in [5, 5.41) is 11.4. The van der Waals surface area contributed by atoms with Crippen molar-refractivity contribution >= 4 is 23.1 Å². The molecule has 0 bridgehead atoms. The lowest BCUT2D eigenvalue weighted by atomic mass is 10.0. The first-order valence-corrected chi connectivity index (χ1v) is 11.5. The number of pyridine rings is 1. The van der Waals surface area contributed by atoms with Crippen molar-refractivity contribution < 1.29 is 24.0 Å². The molecule has 8 heteroatoms. The van der Waals surface area contributed by atoms with E-state index in [1.165, 1.54) is 9.80 Å². The number of nitrogens with zero attached hydrogens (tertiary/aromatic N) is 3. The first kappa shape index (κ1) is 22.8. The van der Waals surface area contributed by atoms with E-state index in [0.717, 1.165) is 26.1 Å². The summed E-state index contributed by atoms with van der Waals surface area (Å²) in [5.41, 5.74) is 1.67. The molecule has 0 spiro atoms. The highest BCUT2D eigenvalue weighted by Crippen LogP contribution is 2.40. The second-order valence-corrected chi connectivity index (χ2v) is 8.48. The Bertz CT molecular complexity index is 1220. The molecule has 33 heavy (non-hydrogen) atoms. The largest absolute Gasteiger partial charge is 0.505 e. The Morgan fingerprint density at radius 1 is 1.15 bits per heavy atom. The molecule has 1 aliphatic rings. The number of ketones is 1. The van der Waals surface area contributed by atoms with Gasteiger partial charge in [-0.3, -0.25) is 14.0 Å². The van der Waals surface area contributed by atoms with E-state index in [9.17, 15) is 14.7 Å². The molecule has 1 atom stereocenters. The number of fused-ring (bicyclic) bond motifs is 1. The van der Waals surface area contributed by atoms with Crippen molar-refractivity contribution in [3.8, 4) is 0 Å². The number of hydrogen-bond acceptors (Lipinski definition) is 5. The third-order valence-electron chi connectivity index (χ3n) is 6.43. The van der Waals surface area contributed by atoms with Crippen LogP contribution in [0.25, 0.3) is 11.4 Å². The zero-order valence-corrected chi connectivity index (χ0v) is 19.6. The van der Waals surface area contributed by atoms with E-state index >= 15 is 0 Å². The number of aromatic nitrogens is 2. The molecular formula is C25H31N4O4+. The summed E-state index contributed by atoms with van der Waals surface area (Å²) >= 11 is 0. The fourth-order valence-electron chi connectivity index (χ4n) is 4.64. The van der Waals surface area contributed by atoms with E-state index in [1.807, 2.05) is 25.1 Å². The van der Waals surface area contributed by atoms with Gasteiger partial charge in [-0.15, -0.1) is 0 Å². The molecule has 0 aromatic carbocycles. The summed E-state index contributed by atoms with van der Waals surface area (Å²) in [6, 6.07) is 8.29. The van der Waals surface area contributed by atoms with Crippen molar-refractivity contribution in [1.82, 2.24) is 14.3 Å². The lowest BCUT2D eigenvalue weighted by Gasteiger charge is -2.24. The molecule has 0 saturated carbocycles. The molecule has 2 N–H and O–H groups in total. The molecule has 174 valence electrons. The first-order valence-electron chi connectivity index (χ1n) is 11.5. The molecule has 1 aliphatic heterocycles. The van der Waals surface area contributed by atoms with Crippen LogP contribution in [0.1, 0.15) is 49.2 Å². The Balaban J connectivity index is 1.79. The predicted molar refractivity (Wildman–Crippen MR) is 124 cm³/mol. The molecule has 1 fully saturated rings. The minimum Gasteiger partial charge on any atom is -0.505 e. The maximum absolute atomic E-state index is 13.2. The van der Waals surface area contributed by atoms with E-state index < -0.39 is 17.7 Å². The number of rotatable bonds is 8. The summed E-state index contributed by atoms with van der Waals surface area (Å²) in [6.45, 7) is 11.2. The van der Waals surface area contributed by atoms with Crippen molar-refractivity contribution in [2.24, 2.45) is 0 Å². The van der Waals surface area contributed by atoms with E-state index in [0.29, 0.717) is 35.1 Å². The Hall–Kier alpha value is -3.39. The van der Waals surface area contributed by atoms with Crippen LogP contribution in [0.15, 0.2) is 46.5 Å². The molecule has 0 radical (unpaired) electrons. The van der Waals surface area contributed by atoms with Gasteiger partial charge in [-0.1, -0.05) is 6.07 Å². The summed E-state index contributed by atoms with van der Waals surface area (Å²) in [7, 11) is 0. The number of imidazole rings is 1. The fourth-order valence-corrected chi connectivity index (χ4v) is 4.64. The Morgan fingerprint density at radius 3 is 2.58 bits per heavy atom. The van der Waals surface area contributed by atoms with E-state index in [2.05, 4.69) is 18.8 Å². The summed E-state index contributed by atoms with van der Waals surface area (Å²) in [6.07, 6.45) is 2.52. The van der Waals surface area contributed by atoms with Gasteiger partial charge in [-0.05, 0) is 52.0 Å². The van der Waals surface area contributed by atoms with Gasteiger partial charge in [-0.2, -0.15) is 0 Å². The predicted octanol–water partition coefficient (Wildman–Crippen LogP) is 2.28. The monoisotopic (exact) mass is 451 g/mol. The molecule has 8 nitrogen and oxygen atoms in total. The molecule has 0 unspecified atom stereocenters. The van der Waals surface area contributed by atoms with Crippen LogP contribution in [0.2, 0.25) is 0 Å². The minimum atomic E-state index is -0.779. The van der Waals surface area contributed by atoms with Gasteiger partial charge in [0.1, 0.15) is 28.9 Å². The van der Waals surface area contributed by atoms with Gasteiger partial charge >= 0.3 is 0 Å². The molecule has 3 aromatic heterocycles. The molecule has 1 amide bonds. The number of Topliss-reactive ketones (excluding diaryl/α,β-unsaturated/α-hetero) is 1. The van der Waals surface area contributed by atoms with Gasteiger partial charge in [-0.25, -0.2) is 4.98 Å². The number of furan rings is 1. The quantitative estimate of drug-likeness (QED) is 0.311. The number of carbonyl (C=O) groups excluding carboxylic acids is 2. The number of aliphatic hydroxyl groups is 1. The van der Waals surface area contributed by atoms with Crippen molar-refractivity contribution in [3.05, 3.63) is 65.0 Å². The number of aryl methyl sites for hydroxylation is 2. The average Bonchev–Trinajstić information content (AvgIpc) is 3.45. The second-order valence-electron chi connectivity index (χ2n) is 8.48. The van der Waals surface area contributed by atoms with Gasteiger partial charge in [0.05, 0.1) is 30.9 Å². The lowest BCUT2D eigenvalue weighted by Crippen LogP contribution is -3.11. The summed E-state index contributed by atoms with van der Waals surface area (Å²) in [4.78, 5) is 33.8. The third kappa shape index (κ3) is 4.06. The van der Waals surface area contributed by atoms with Crippen LogP contribution in [0.5, 0.6) is 0 Å². The van der Waals surface area contributed by atoms with Crippen molar-refractivity contribution in [3.63, 3.8) is 0 Å². The lowest BCUT2D eigenvalue weighted by molar-refractivity contribution is -0.896. The number of aliphatic hydroxyl groups excluding tert-OH is 1. The Kier molecular flexibility index (Phi) is 6.37. The zero-order valence-electron chi connectivity index (χ0n) is 19.6. The highest BCUT2D eigenvalue weighted by Gasteiger charge is 2.47. The van der Waals surface area contributed by atoms with Gasteiger partial charge in [0.2, 0.25) is 0 Å². The maximum atomic E-state index is 13.2. The van der Waals surface area contributed by atoms with Crippen molar-refractivity contribution in [1.29, 1.82) is 0 Å². The smallest absolute Gasteiger partial charge is 0.295 e. The molecular weight excluding hydrogens is 420 g/mol. The molecule has 1 saturated heterocycles. The van der Waals surface area contributed by atoms with Crippen LogP contribution >= 0.6 is 0 Å². The van der Waals surface area contributed by atoms with Gasteiger partial charge in [0.15, 0.2) is 5.76 Å². The number of hydrogen-bond donors (Lipinski definition) is 2. The van der Waals surface area contributed by atoms with Crippen LogP contribution in [0, 0.1) is 13.8 Å². The van der Waals surface area contributed by atoms with E-state index in [-0.39, 0.29) is 11.3 Å². The van der Waals surface area contributed by atoms with Gasteiger partial charge < -0.3 is 19.3 Å². The fraction of sp³-hybridized carbons (Fsp3) is 0.400. The molecule has 3 aromatic rings. The van der Waals surface area contributed by atoms with Crippen LogP contribution in [0.4, 0.5) is 0 Å². The number of amides is 1. The third-order valence-corrected chi connectivity index (χ3v) is 6.43. The van der Waals surface area contributed by atoms with Gasteiger partial charge in [0, 0.05) is 19.2 Å². The summed E-state index contributed by atoms with van der Waals surface area (Å²) in [5.74, 6) is -0.409. The van der Waals surface area contributed by atoms with Crippen LogP contribution < -0.4 is 4.90 Å². The maximum Gasteiger partial charge on any atom is 0.295 e. The zero-order chi connectivity index (χ0) is 23.7. The Labute approximate surface area is 193 Å². The Morgan fingerprint density at radius 2 is 1.91 bits per heavy atom. The normalized spacial score (nSPS) is 18.2. The molecule has 4 heterocycles. The number of nitrogens with one attached hydrogen (secondary N) is 1. The molecule has 0 aliphatic carbocycles. The van der Waals surface area contributed by atoms with Crippen molar-refractivity contribution in [2.45, 2.75) is 40.2 Å². The second kappa shape index (κ2) is 9.23. The van der Waals surface area contributed by atoms with E-state index in [1.54, 1.807) is 29.7 Å². The van der Waals surface area contributed by atoms with Crippen LogP contribution in [-0.4, -0.2) is 57.3 Å². The minimum absolute atomic E-state index is 0.0401. The average molecular weight is 452 g/mol. The number of likely N-dealkylation sites (tertiary alicyclic amines) is 1. The first-order chi connectivity index (χ1) is 15.9. The van der Waals surface area contributed by atoms with Gasteiger partial charge in [0.25, 0.3) is 11.7 Å². The molecule has 4 rings (SSSR count). The van der Waals surface area contributed by atoms with Crippen molar-refractivity contribution in [2.75, 3.05) is 26.2 Å².